The summed E-state index contributed by atoms with van der Waals surface area (Å²) in [6.07, 6.45) is 3.57. The highest BCUT2D eigenvalue weighted by molar-refractivity contribution is 6.13. The van der Waals surface area contributed by atoms with Crippen LogP contribution in [0.1, 0.15) is 47.4 Å². The third kappa shape index (κ3) is 6.19. The molecule has 0 radical (unpaired) electrons. The second-order valence-electron chi connectivity index (χ2n) is 11.3. The lowest BCUT2D eigenvalue weighted by molar-refractivity contribution is -0.129. The van der Waals surface area contributed by atoms with Crippen molar-refractivity contribution >= 4 is 52.4 Å². The molecular formula is C36H31ClN8O3. The molecule has 48 heavy (non-hydrogen) atoms. The van der Waals surface area contributed by atoms with E-state index in [9.17, 15) is 24.9 Å². The number of carbonyl (C=O) groups is 3. The normalized spacial score (nSPS) is 14.6. The second kappa shape index (κ2) is 14.2. The minimum absolute atomic E-state index is 0. The molecule has 12 heteroatoms. The average molecular weight is 659 g/mol. The van der Waals surface area contributed by atoms with Gasteiger partial charge in [-0.15, -0.1) is 12.4 Å². The number of nitriles is 2. The van der Waals surface area contributed by atoms with Crippen LogP contribution in [0.4, 0.5) is 11.4 Å². The smallest absolute Gasteiger partial charge is 0.258 e. The van der Waals surface area contributed by atoms with Gasteiger partial charge in [-0.3, -0.25) is 19.4 Å². The predicted molar refractivity (Wildman–Crippen MR) is 183 cm³/mol. The van der Waals surface area contributed by atoms with Crippen molar-refractivity contribution in [3.8, 4) is 17.8 Å². The SMILES string of the molecule is CC[C@@H](C)C(=O)N[C@H]1CN(C(=O)c2ccncc2)c2cc(C#N)ccc2N(Cc2nn(-c3ccccc3C#N)c3ccccc23)C1=O.Cl. The largest absolute Gasteiger partial charge is 0.342 e. The van der Waals surface area contributed by atoms with E-state index in [1.165, 1.54) is 22.2 Å². The van der Waals surface area contributed by atoms with Gasteiger partial charge in [-0.05, 0) is 55.0 Å². The van der Waals surface area contributed by atoms with E-state index in [4.69, 9.17) is 5.10 Å². The number of pyridine rings is 1. The summed E-state index contributed by atoms with van der Waals surface area (Å²) in [7, 11) is 0. The van der Waals surface area contributed by atoms with Crippen LogP contribution >= 0.6 is 12.4 Å². The average Bonchev–Trinajstić information content (AvgIpc) is 3.44. The Kier molecular flexibility index (Phi) is 9.83. The predicted octanol–water partition coefficient (Wildman–Crippen LogP) is 5.31. The summed E-state index contributed by atoms with van der Waals surface area (Å²) in [6.45, 7) is 3.48. The highest BCUT2D eigenvalue weighted by Crippen LogP contribution is 2.37. The summed E-state index contributed by atoms with van der Waals surface area (Å²) in [5.74, 6) is -1.53. The number of amides is 3. The van der Waals surface area contributed by atoms with Crippen molar-refractivity contribution in [1.29, 1.82) is 10.5 Å². The van der Waals surface area contributed by atoms with Crippen molar-refractivity contribution in [2.24, 2.45) is 5.92 Å². The lowest BCUT2D eigenvalue weighted by Gasteiger charge is -2.26. The van der Waals surface area contributed by atoms with E-state index in [2.05, 4.69) is 22.4 Å². The third-order valence-electron chi connectivity index (χ3n) is 8.39. The van der Waals surface area contributed by atoms with Gasteiger partial charge in [-0.25, -0.2) is 4.68 Å². The quantitative estimate of drug-likeness (QED) is 0.249. The molecule has 1 aliphatic heterocycles. The molecule has 0 unspecified atom stereocenters. The molecule has 0 spiro atoms. The lowest BCUT2D eigenvalue weighted by atomic mass is 10.1. The molecule has 0 saturated carbocycles. The fraction of sp³-hybridized carbons (Fsp3) is 0.194. The summed E-state index contributed by atoms with van der Waals surface area (Å²) in [5, 5.41) is 28.2. The van der Waals surface area contributed by atoms with Crippen molar-refractivity contribution in [3.63, 3.8) is 0 Å². The Hall–Kier alpha value is -6.04. The highest BCUT2D eigenvalue weighted by atomic mass is 35.5. The molecular weight excluding hydrogens is 628 g/mol. The summed E-state index contributed by atoms with van der Waals surface area (Å²) < 4.78 is 1.69. The van der Waals surface area contributed by atoms with Gasteiger partial charge in [-0.1, -0.05) is 44.2 Å². The first-order valence-corrected chi connectivity index (χ1v) is 15.2. The number of nitrogens with one attached hydrogen (secondary N) is 1. The number of para-hydroxylation sites is 2. The molecule has 240 valence electrons. The zero-order chi connectivity index (χ0) is 33.1. The molecule has 11 nitrogen and oxygen atoms in total. The molecule has 3 heterocycles. The molecule has 1 N–H and O–H groups in total. The molecule has 1 aliphatic rings. The van der Waals surface area contributed by atoms with Crippen LogP contribution in [-0.2, 0) is 16.1 Å². The van der Waals surface area contributed by atoms with Gasteiger partial charge in [-0.2, -0.15) is 15.6 Å². The van der Waals surface area contributed by atoms with Gasteiger partial charge in [0.15, 0.2) is 0 Å². The molecule has 6 rings (SSSR count). The van der Waals surface area contributed by atoms with E-state index < -0.39 is 17.9 Å². The minimum Gasteiger partial charge on any atom is -0.342 e. The maximum atomic E-state index is 14.6. The van der Waals surface area contributed by atoms with Gasteiger partial charge >= 0.3 is 0 Å². The summed E-state index contributed by atoms with van der Waals surface area (Å²) >= 11 is 0. The topological polar surface area (TPSA) is 148 Å². The van der Waals surface area contributed by atoms with Crippen LogP contribution in [0, 0.1) is 28.6 Å². The van der Waals surface area contributed by atoms with Crippen LogP contribution in [0.2, 0.25) is 0 Å². The molecule has 3 amide bonds. The maximum absolute atomic E-state index is 14.6. The zero-order valence-corrected chi connectivity index (χ0v) is 27.0. The summed E-state index contributed by atoms with van der Waals surface area (Å²) in [6, 6.07) is 25.9. The Bertz CT molecular complexity index is 2100. The van der Waals surface area contributed by atoms with Crippen molar-refractivity contribution in [2.45, 2.75) is 32.9 Å². The second-order valence-corrected chi connectivity index (χ2v) is 11.3. The van der Waals surface area contributed by atoms with E-state index >= 15 is 0 Å². The first-order valence-electron chi connectivity index (χ1n) is 15.2. The number of hydrogen-bond acceptors (Lipinski definition) is 7. The van der Waals surface area contributed by atoms with Crippen LogP contribution in [0.3, 0.4) is 0 Å². The number of hydrogen-bond donors (Lipinski definition) is 1. The van der Waals surface area contributed by atoms with Gasteiger partial charge < -0.3 is 15.1 Å². The number of rotatable bonds is 7. The Morgan fingerprint density at radius 1 is 0.958 bits per heavy atom. The molecule has 2 atom stereocenters. The van der Waals surface area contributed by atoms with Gasteiger partial charge in [0.1, 0.15) is 12.1 Å². The van der Waals surface area contributed by atoms with E-state index in [1.807, 2.05) is 37.3 Å². The minimum atomic E-state index is -1.10. The van der Waals surface area contributed by atoms with Crippen molar-refractivity contribution < 1.29 is 14.4 Å². The van der Waals surface area contributed by atoms with E-state index in [-0.39, 0.29) is 37.3 Å². The van der Waals surface area contributed by atoms with Gasteiger partial charge in [0.2, 0.25) is 5.91 Å². The number of benzene rings is 3. The molecule has 0 saturated heterocycles. The first-order chi connectivity index (χ1) is 22.8. The Morgan fingerprint density at radius 3 is 2.42 bits per heavy atom. The molecule has 2 aromatic heterocycles. The number of carbonyl (C=O) groups excluding carboxylic acids is 3. The molecule has 5 aromatic rings. The number of nitrogens with zero attached hydrogens (tertiary/aromatic N) is 7. The Balaban J connectivity index is 0.00000451. The van der Waals surface area contributed by atoms with E-state index in [1.54, 1.807) is 60.1 Å². The van der Waals surface area contributed by atoms with E-state index in [0.29, 0.717) is 45.9 Å². The number of aromatic nitrogens is 3. The standard InChI is InChI=1S/C36H30N8O3.ClH/c1-3-23(2)34(45)40-29-22-43(35(46)25-14-16-39-17-15-25)33-18-24(19-37)12-13-32(33)42(36(29)47)21-28-27-9-5-7-11-31(27)44(41-28)30-10-6-4-8-26(30)20-38;/h4-18,23,29H,3,21-22H2,1-2H3,(H,40,45);1H/t23-,29+;/m1./s1. The van der Waals surface area contributed by atoms with Crippen molar-refractivity contribution in [1.82, 2.24) is 20.1 Å². The van der Waals surface area contributed by atoms with Gasteiger partial charge in [0.05, 0.1) is 58.6 Å². The van der Waals surface area contributed by atoms with Crippen LogP contribution in [0.5, 0.6) is 0 Å². The number of fused-ring (bicyclic) bond motifs is 2. The molecule has 0 fully saturated rings. The van der Waals surface area contributed by atoms with E-state index in [0.717, 1.165) is 10.9 Å². The molecule has 3 aromatic carbocycles. The fourth-order valence-electron chi connectivity index (χ4n) is 5.65. The monoisotopic (exact) mass is 658 g/mol. The highest BCUT2D eigenvalue weighted by Gasteiger charge is 2.38. The van der Waals surface area contributed by atoms with Crippen molar-refractivity contribution in [2.75, 3.05) is 16.3 Å². The molecule has 0 aliphatic carbocycles. The Morgan fingerprint density at radius 2 is 1.69 bits per heavy atom. The van der Waals surface area contributed by atoms with Crippen LogP contribution < -0.4 is 15.1 Å². The summed E-state index contributed by atoms with van der Waals surface area (Å²) in [5.41, 5.74) is 3.67. The third-order valence-corrected chi connectivity index (χ3v) is 8.39. The maximum Gasteiger partial charge on any atom is 0.258 e. The molecule has 0 bridgehead atoms. The first kappa shape index (κ1) is 33.3. The number of anilines is 2. The van der Waals surface area contributed by atoms with Crippen LogP contribution in [-0.4, -0.2) is 45.1 Å². The van der Waals surface area contributed by atoms with Crippen LogP contribution in [0.15, 0.2) is 91.3 Å². The van der Waals surface area contributed by atoms with Gasteiger partial charge in [0.25, 0.3) is 11.8 Å². The zero-order valence-electron chi connectivity index (χ0n) is 26.2. The lowest BCUT2D eigenvalue weighted by Crippen LogP contribution is -2.53. The number of halogens is 1. The summed E-state index contributed by atoms with van der Waals surface area (Å²) in [4.78, 5) is 48.7. The van der Waals surface area contributed by atoms with Crippen molar-refractivity contribution in [3.05, 3.63) is 114 Å². The Labute approximate surface area is 283 Å². The van der Waals surface area contributed by atoms with Crippen LogP contribution in [0.25, 0.3) is 16.6 Å². The van der Waals surface area contributed by atoms with Gasteiger partial charge in [0, 0.05) is 29.3 Å². The fourth-order valence-corrected chi connectivity index (χ4v) is 5.65.